The molecule has 6 heteroatoms. The lowest BCUT2D eigenvalue weighted by molar-refractivity contribution is -0.884. The van der Waals surface area contributed by atoms with Gasteiger partial charge in [0, 0.05) is 6.07 Å². The average molecular weight is 319 g/mol. The molecule has 2 N–H and O–H groups in total. The highest BCUT2D eigenvalue weighted by atomic mass is 32.1. The summed E-state index contributed by atoms with van der Waals surface area (Å²) in [6.45, 7) is 1.35. The van der Waals surface area contributed by atoms with Gasteiger partial charge in [-0.15, -0.1) is 11.3 Å². The van der Waals surface area contributed by atoms with E-state index in [-0.39, 0.29) is 5.91 Å². The van der Waals surface area contributed by atoms with E-state index in [1.54, 1.807) is 17.5 Å². The van der Waals surface area contributed by atoms with Crippen LogP contribution < -0.4 is 10.2 Å². The second-order valence-electron chi connectivity index (χ2n) is 6.04. The molecule has 2 aromatic heterocycles. The number of nitrogens with zero attached hydrogens (tertiary/aromatic N) is 2. The van der Waals surface area contributed by atoms with Crippen molar-refractivity contribution in [3.8, 4) is 0 Å². The summed E-state index contributed by atoms with van der Waals surface area (Å²) in [5.41, 5.74) is 0. The van der Waals surface area contributed by atoms with Crippen LogP contribution in [0.5, 0.6) is 0 Å². The zero-order valence-corrected chi connectivity index (χ0v) is 13.7. The maximum atomic E-state index is 12.2. The molecule has 0 aliphatic heterocycles. The summed E-state index contributed by atoms with van der Waals surface area (Å²) < 4.78 is 1.99. The zero-order valence-electron chi connectivity index (χ0n) is 12.9. The Kier molecular flexibility index (Phi) is 4.90. The Morgan fingerprint density at radius 3 is 3.00 bits per heavy atom. The minimum absolute atomic E-state index is 0.0498. The van der Waals surface area contributed by atoms with Crippen LogP contribution in [-0.2, 0) is 11.3 Å². The van der Waals surface area contributed by atoms with Crippen LogP contribution in [-0.4, -0.2) is 29.3 Å². The van der Waals surface area contributed by atoms with Crippen molar-refractivity contribution >= 4 is 23.1 Å². The molecule has 5 nitrogen and oxygen atoms in total. The smallest absolute Gasteiger partial charge is 0.280 e. The molecule has 1 atom stereocenters. The van der Waals surface area contributed by atoms with Crippen LogP contribution in [0, 0.1) is 0 Å². The second kappa shape index (κ2) is 7.07. The topological polar surface area (TPSA) is 51.4 Å². The Labute approximate surface area is 134 Å². The number of aromatic nitrogens is 2. The number of nitrogens with one attached hydrogen (secondary N) is 2. The lowest BCUT2D eigenvalue weighted by atomic mass is 10.2. The molecule has 118 valence electrons. The number of thiophene rings is 1. The number of likely N-dealkylation sites (N-methyl/N-ethyl adjacent to an activating group) is 1. The first-order valence-electron chi connectivity index (χ1n) is 7.89. The van der Waals surface area contributed by atoms with E-state index in [9.17, 15) is 4.79 Å². The molecule has 0 saturated heterocycles. The molecule has 1 aliphatic carbocycles. The molecule has 0 bridgehead atoms. The molecule has 2 aromatic rings. The van der Waals surface area contributed by atoms with Gasteiger partial charge in [-0.25, -0.2) is 4.68 Å². The van der Waals surface area contributed by atoms with Gasteiger partial charge in [0.15, 0.2) is 6.54 Å². The highest BCUT2D eigenvalue weighted by molar-refractivity contribution is 7.09. The molecule has 0 aromatic carbocycles. The van der Waals surface area contributed by atoms with Gasteiger partial charge in [-0.2, -0.15) is 5.10 Å². The highest BCUT2D eigenvalue weighted by Gasteiger charge is 2.21. The molecule has 1 saturated carbocycles. The molecule has 1 unspecified atom stereocenters. The third-order valence-electron chi connectivity index (χ3n) is 4.13. The monoisotopic (exact) mass is 319 g/mol. The summed E-state index contributed by atoms with van der Waals surface area (Å²) in [5, 5.41) is 9.48. The van der Waals surface area contributed by atoms with E-state index in [1.807, 2.05) is 23.9 Å². The largest absolute Gasteiger partial charge is 0.325 e. The van der Waals surface area contributed by atoms with Gasteiger partial charge < -0.3 is 10.2 Å². The number of hydrogen-bond acceptors (Lipinski definition) is 3. The maximum absolute atomic E-state index is 12.2. The third kappa shape index (κ3) is 3.75. The van der Waals surface area contributed by atoms with E-state index >= 15 is 0 Å². The Morgan fingerprint density at radius 1 is 1.45 bits per heavy atom. The Bertz CT molecular complexity index is 601. The summed E-state index contributed by atoms with van der Waals surface area (Å²) in [6, 6.07) is 6.50. The highest BCUT2D eigenvalue weighted by Crippen LogP contribution is 2.31. The predicted molar refractivity (Wildman–Crippen MR) is 88.1 cm³/mol. The van der Waals surface area contributed by atoms with E-state index in [1.165, 1.54) is 22.6 Å². The minimum Gasteiger partial charge on any atom is -0.325 e. The van der Waals surface area contributed by atoms with Crippen LogP contribution in [0.2, 0.25) is 0 Å². The predicted octanol–water partition coefficient (Wildman–Crippen LogP) is 1.71. The van der Waals surface area contributed by atoms with Gasteiger partial charge in [-0.1, -0.05) is 18.9 Å². The van der Waals surface area contributed by atoms with E-state index in [0.29, 0.717) is 12.6 Å². The van der Waals surface area contributed by atoms with Crippen LogP contribution in [0.25, 0.3) is 0 Å². The van der Waals surface area contributed by atoms with Gasteiger partial charge in [0.05, 0.1) is 24.2 Å². The molecule has 3 rings (SSSR count). The van der Waals surface area contributed by atoms with E-state index < -0.39 is 0 Å². The van der Waals surface area contributed by atoms with Gasteiger partial charge in [0.2, 0.25) is 0 Å². The normalized spacial score (nSPS) is 16.8. The number of anilines is 1. The van der Waals surface area contributed by atoms with Crippen molar-refractivity contribution in [2.75, 3.05) is 18.9 Å². The lowest BCUT2D eigenvalue weighted by Gasteiger charge is -2.16. The van der Waals surface area contributed by atoms with Gasteiger partial charge >= 0.3 is 0 Å². The maximum Gasteiger partial charge on any atom is 0.280 e. The number of carbonyl (C=O) groups is 1. The number of carbonyl (C=O) groups excluding carboxylic acids is 1. The van der Waals surface area contributed by atoms with Crippen molar-refractivity contribution < 1.29 is 9.69 Å². The standard InChI is InChI=1S/C16H22N4OS/c1-19(11-14-7-4-10-22-14)12-16(21)18-15-8-9-17-20(15)13-5-2-3-6-13/h4,7-10,13H,2-3,5-6,11-12H2,1H3,(H,18,21)/p+1. The molecule has 2 heterocycles. The SMILES string of the molecule is C[NH+](CC(=O)Nc1ccnn1C1CCCC1)Cc1cccs1. The molecular formula is C16H23N4OS+. The van der Waals surface area contributed by atoms with E-state index in [0.717, 1.165) is 25.2 Å². The van der Waals surface area contributed by atoms with Gasteiger partial charge in [0.25, 0.3) is 5.91 Å². The number of amides is 1. The van der Waals surface area contributed by atoms with Crippen LogP contribution in [0.4, 0.5) is 5.82 Å². The fourth-order valence-electron chi connectivity index (χ4n) is 3.09. The zero-order chi connectivity index (χ0) is 15.4. The molecule has 1 fully saturated rings. The molecule has 1 aliphatic rings. The first-order valence-corrected chi connectivity index (χ1v) is 8.77. The molecule has 0 radical (unpaired) electrons. The summed E-state index contributed by atoms with van der Waals surface area (Å²) in [5.74, 6) is 0.884. The first kappa shape index (κ1) is 15.2. The Balaban J connectivity index is 1.54. The average Bonchev–Trinajstić information content (AvgIpc) is 3.19. The number of rotatable bonds is 6. The van der Waals surface area contributed by atoms with Crippen molar-refractivity contribution in [2.45, 2.75) is 38.3 Å². The second-order valence-corrected chi connectivity index (χ2v) is 7.07. The van der Waals surface area contributed by atoms with Gasteiger partial charge in [-0.05, 0) is 24.3 Å². The number of hydrogen-bond donors (Lipinski definition) is 2. The van der Waals surface area contributed by atoms with E-state index in [2.05, 4.69) is 21.9 Å². The van der Waals surface area contributed by atoms with Crippen molar-refractivity contribution in [3.05, 3.63) is 34.7 Å². The molecule has 0 spiro atoms. The summed E-state index contributed by atoms with van der Waals surface area (Å²) >= 11 is 1.74. The molecular weight excluding hydrogens is 296 g/mol. The van der Waals surface area contributed by atoms with Gasteiger partial charge in [-0.3, -0.25) is 4.79 Å². The number of quaternary nitrogens is 1. The van der Waals surface area contributed by atoms with E-state index in [4.69, 9.17) is 0 Å². The van der Waals surface area contributed by atoms with Crippen molar-refractivity contribution in [2.24, 2.45) is 0 Å². The third-order valence-corrected chi connectivity index (χ3v) is 5.00. The fourth-order valence-corrected chi connectivity index (χ4v) is 3.91. The summed E-state index contributed by atoms with van der Waals surface area (Å²) in [6.07, 6.45) is 6.61. The lowest BCUT2D eigenvalue weighted by Crippen LogP contribution is -3.08. The van der Waals surface area contributed by atoms with Crippen LogP contribution in [0.3, 0.4) is 0 Å². The Hall–Kier alpha value is -1.66. The Morgan fingerprint density at radius 2 is 2.27 bits per heavy atom. The van der Waals surface area contributed by atoms with Crippen molar-refractivity contribution in [1.29, 1.82) is 0 Å². The van der Waals surface area contributed by atoms with Crippen LogP contribution >= 0.6 is 11.3 Å². The minimum atomic E-state index is 0.0498. The van der Waals surface area contributed by atoms with Crippen molar-refractivity contribution in [3.63, 3.8) is 0 Å². The first-order chi connectivity index (χ1) is 10.7. The molecule has 1 amide bonds. The van der Waals surface area contributed by atoms with Crippen molar-refractivity contribution in [1.82, 2.24) is 9.78 Å². The van der Waals surface area contributed by atoms with Crippen LogP contribution in [0.15, 0.2) is 29.8 Å². The summed E-state index contributed by atoms with van der Waals surface area (Å²) in [4.78, 5) is 14.7. The van der Waals surface area contributed by atoms with Gasteiger partial charge in [0.1, 0.15) is 12.4 Å². The fraction of sp³-hybridized carbons (Fsp3) is 0.500. The molecule has 22 heavy (non-hydrogen) atoms. The quantitative estimate of drug-likeness (QED) is 0.852. The summed E-state index contributed by atoms with van der Waals surface area (Å²) in [7, 11) is 2.05. The van der Waals surface area contributed by atoms with Crippen LogP contribution in [0.1, 0.15) is 36.6 Å².